The van der Waals surface area contributed by atoms with Crippen LogP contribution in [0.1, 0.15) is 29.3 Å². The van der Waals surface area contributed by atoms with Crippen LogP contribution in [0.3, 0.4) is 0 Å². The fourth-order valence-electron chi connectivity index (χ4n) is 1.72. The lowest BCUT2D eigenvalue weighted by Crippen LogP contribution is -2.27. The van der Waals surface area contributed by atoms with Gasteiger partial charge < -0.3 is 15.3 Å². The third-order valence-corrected chi connectivity index (χ3v) is 4.75. The lowest BCUT2D eigenvalue weighted by Gasteiger charge is -2.10. The summed E-state index contributed by atoms with van der Waals surface area (Å²) >= 11 is 0. The molecule has 2 aromatic rings. The van der Waals surface area contributed by atoms with Crippen molar-refractivity contribution in [2.45, 2.75) is 17.9 Å². The Labute approximate surface area is 122 Å². The topological polar surface area (TPSA) is 111 Å². The first-order valence-electron chi connectivity index (χ1n) is 6.23. The van der Waals surface area contributed by atoms with Crippen molar-refractivity contribution in [1.82, 2.24) is 24.6 Å². The lowest BCUT2D eigenvalue weighted by atomic mass is 10.3. The molecule has 21 heavy (non-hydrogen) atoms. The summed E-state index contributed by atoms with van der Waals surface area (Å²) in [6.45, 7) is 1.77. The van der Waals surface area contributed by atoms with Crippen molar-refractivity contribution in [2.75, 3.05) is 14.1 Å². The van der Waals surface area contributed by atoms with Gasteiger partial charge in [-0.25, -0.2) is 17.7 Å². The Balaban J connectivity index is 2.13. The fourth-order valence-corrected chi connectivity index (χ4v) is 2.62. The van der Waals surface area contributed by atoms with Gasteiger partial charge in [-0.1, -0.05) is 0 Å². The second-order valence-corrected chi connectivity index (χ2v) is 6.86. The average Bonchev–Trinajstić information content (AvgIpc) is 3.10. The van der Waals surface area contributed by atoms with E-state index in [-0.39, 0.29) is 16.6 Å². The van der Waals surface area contributed by atoms with E-state index in [1.165, 1.54) is 26.4 Å². The van der Waals surface area contributed by atoms with Crippen molar-refractivity contribution in [1.29, 1.82) is 0 Å². The molecular formula is C12H17N5O3S. The zero-order valence-electron chi connectivity index (χ0n) is 11.9. The average molecular weight is 311 g/mol. The summed E-state index contributed by atoms with van der Waals surface area (Å²) < 4.78 is 25.0. The number of aromatic nitrogens is 3. The minimum Gasteiger partial charge on any atom is -0.356 e. The van der Waals surface area contributed by atoms with E-state index in [1.54, 1.807) is 19.3 Å². The zero-order chi connectivity index (χ0) is 15.6. The third-order valence-electron chi connectivity index (χ3n) is 2.96. The summed E-state index contributed by atoms with van der Waals surface area (Å²) in [5.74, 6) is 0.218. The highest BCUT2D eigenvalue weighted by Crippen LogP contribution is 2.15. The van der Waals surface area contributed by atoms with E-state index in [0.717, 1.165) is 4.31 Å². The van der Waals surface area contributed by atoms with Crippen molar-refractivity contribution < 1.29 is 13.2 Å². The van der Waals surface area contributed by atoms with Crippen LogP contribution in [0.5, 0.6) is 0 Å². The number of carbonyl (C=O) groups excluding carboxylic acids is 1. The predicted molar refractivity (Wildman–Crippen MR) is 76.1 cm³/mol. The van der Waals surface area contributed by atoms with Gasteiger partial charge in [0.05, 0.1) is 6.04 Å². The highest BCUT2D eigenvalue weighted by molar-refractivity contribution is 7.89. The molecule has 0 fully saturated rings. The molecule has 0 bridgehead atoms. The molecule has 9 heteroatoms. The van der Waals surface area contributed by atoms with Gasteiger partial charge in [0.1, 0.15) is 16.4 Å². The van der Waals surface area contributed by atoms with Gasteiger partial charge in [-0.2, -0.15) is 0 Å². The number of carbonyl (C=O) groups is 1. The number of amides is 1. The molecule has 0 aromatic carbocycles. The Hall–Kier alpha value is -2.13. The minimum atomic E-state index is -3.56. The van der Waals surface area contributed by atoms with Crippen LogP contribution in [0.4, 0.5) is 0 Å². The summed E-state index contributed by atoms with van der Waals surface area (Å²) in [6, 6.07) is 0.990. The number of H-pyrrole nitrogens is 2. The quantitative estimate of drug-likeness (QED) is 0.745. The molecule has 0 aliphatic heterocycles. The molecule has 0 saturated heterocycles. The first-order chi connectivity index (χ1) is 9.82. The predicted octanol–water partition coefficient (Wildman–Crippen LogP) is 0.479. The maximum atomic E-state index is 12.1. The standard InChI is InChI=1S/C12H17N5O3S/c1-8(11-13-4-5-14-11)16-12(18)10-6-9(7-15-10)21(19,20)17(2)3/h4-8,15H,1-3H3,(H,13,14)(H,16,18)/t8-/m1/s1. The van der Waals surface area contributed by atoms with E-state index in [2.05, 4.69) is 20.3 Å². The van der Waals surface area contributed by atoms with E-state index < -0.39 is 15.9 Å². The molecular weight excluding hydrogens is 294 g/mol. The molecule has 2 rings (SSSR count). The molecule has 2 heterocycles. The number of aromatic amines is 2. The lowest BCUT2D eigenvalue weighted by molar-refractivity contribution is 0.0934. The van der Waals surface area contributed by atoms with Gasteiger partial charge in [-0.05, 0) is 13.0 Å². The van der Waals surface area contributed by atoms with Crippen LogP contribution < -0.4 is 5.32 Å². The summed E-state index contributed by atoms with van der Waals surface area (Å²) in [7, 11) is -0.694. The normalized spacial score (nSPS) is 13.3. The summed E-state index contributed by atoms with van der Waals surface area (Å²) in [5.41, 5.74) is 0.175. The monoisotopic (exact) mass is 311 g/mol. The number of imidazole rings is 1. The number of hydrogen-bond donors (Lipinski definition) is 3. The molecule has 1 amide bonds. The van der Waals surface area contributed by atoms with E-state index in [9.17, 15) is 13.2 Å². The van der Waals surface area contributed by atoms with Crippen LogP contribution in [-0.2, 0) is 10.0 Å². The maximum absolute atomic E-state index is 12.1. The molecule has 0 unspecified atom stereocenters. The third kappa shape index (κ3) is 3.14. The van der Waals surface area contributed by atoms with Crippen LogP contribution in [0.2, 0.25) is 0 Å². The van der Waals surface area contributed by atoms with Crippen LogP contribution in [0.25, 0.3) is 0 Å². The first-order valence-corrected chi connectivity index (χ1v) is 7.67. The van der Waals surface area contributed by atoms with Gasteiger partial charge in [-0.3, -0.25) is 4.79 Å². The van der Waals surface area contributed by atoms with Gasteiger partial charge in [0.15, 0.2) is 0 Å². The number of nitrogens with zero attached hydrogens (tertiary/aromatic N) is 2. The van der Waals surface area contributed by atoms with E-state index in [1.807, 2.05) is 0 Å². The Bertz CT molecular complexity index is 718. The molecule has 2 aromatic heterocycles. The summed E-state index contributed by atoms with van der Waals surface area (Å²) in [4.78, 5) is 21.7. The molecule has 1 atom stereocenters. The molecule has 114 valence electrons. The second kappa shape index (κ2) is 5.70. The Kier molecular flexibility index (Phi) is 4.14. The smallest absolute Gasteiger partial charge is 0.268 e. The number of rotatable bonds is 5. The molecule has 8 nitrogen and oxygen atoms in total. The molecule has 0 spiro atoms. The van der Waals surface area contributed by atoms with Crippen LogP contribution in [0, 0.1) is 0 Å². The zero-order valence-corrected chi connectivity index (χ0v) is 12.7. The highest BCUT2D eigenvalue weighted by atomic mass is 32.2. The molecule has 0 saturated carbocycles. The molecule has 3 N–H and O–H groups in total. The summed E-state index contributed by atoms with van der Waals surface area (Å²) in [5, 5.41) is 2.72. The maximum Gasteiger partial charge on any atom is 0.268 e. The number of sulfonamides is 1. The van der Waals surface area contributed by atoms with Gasteiger partial charge in [0, 0.05) is 32.7 Å². The number of nitrogens with one attached hydrogen (secondary N) is 3. The largest absolute Gasteiger partial charge is 0.356 e. The summed E-state index contributed by atoms with van der Waals surface area (Å²) in [6.07, 6.45) is 4.55. The van der Waals surface area contributed by atoms with Gasteiger partial charge >= 0.3 is 0 Å². The highest BCUT2D eigenvalue weighted by Gasteiger charge is 2.21. The molecule has 0 aliphatic carbocycles. The van der Waals surface area contributed by atoms with Gasteiger partial charge in [-0.15, -0.1) is 0 Å². The minimum absolute atomic E-state index is 0.0447. The van der Waals surface area contributed by atoms with Crippen molar-refractivity contribution in [3.05, 3.63) is 36.2 Å². The van der Waals surface area contributed by atoms with E-state index in [0.29, 0.717) is 5.82 Å². The van der Waals surface area contributed by atoms with Crippen molar-refractivity contribution in [3.63, 3.8) is 0 Å². The van der Waals surface area contributed by atoms with Gasteiger partial charge in [0.2, 0.25) is 10.0 Å². The van der Waals surface area contributed by atoms with E-state index >= 15 is 0 Å². The van der Waals surface area contributed by atoms with E-state index in [4.69, 9.17) is 0 Å². The molecule has 0 radical (unpaired) electrons. The van der Waals surface area contributed by atoms with Gasteiger partial charge in [0.25, 0.3) is 5.91 Å². The molecule has 0 aliphatic rings. The first kappa shape index (κ1) is 15.3. The Morgan fingerprint density at radius 2 is 2.10 bits per heavy atom. The van der Waals surface area contributed by atoms with Crippen molar-refractivity contribution in [2.24, 2.45) is 0 Å². The Morgan fingerprint density at radius 1 is 1.38 bits per heavy atom. The number of hydrogen-bond acceptors (Lipinski definition) is 4. The fraction of sp³-hybridized carbons (Fsp3) is 0.333. The van der Waals surface area contributed by atoms with Crippen LogP contribution >= 0.6 is 0 Å². The van der Waals surface area contributed by atoms with Crippen LogP contribution in [0.15, 0.2) is 29.6 Å². The Morgan fingerprint density at radius 3 is 2.67 bits per heavy atom. The van der Waals surface area contributed by atoms with Crippen molar-refractivity contribution >= 4 is 15.9 Å². The van der Waals surface area contributed by atoms with Crippen LogP contribution in [-0.4, -0.2) is 47.7 Å². The second-order valence-electron chi connectivity index (χ2n) is 4.71. The SMILES string of the molecule is C[C@@H](NC(=O)c1cc(S(=O)(=O)N(C)C)c[nH]1)c1ncc[nH]1. The van der Waals surface area contributed by atoms with Crippen molar-refractivity contribution in [3.8, 4) is 0 Å².